The number of hydrogen-bond acceptors (Lipinski definition) is 3. The van der Waals surface area contributed by atoms with E-state index in [-0.39, 0.29) is 5.54 Å². The van der Waals surface area contributed by atoms with Crippen LogP contribution in [0.5, 0.6) is 0 Å². The van der Waals surface area contributed by atoms with Gasteiger partial charge < -0.3 is 4.90 Å². The van der Waals surface area contributed by atoms with Crippen LogP contribution >= 0.6 is 11.3 Å². The largest absolute Gasteiger partial charge is 0.331 e. The van der Waals surface area contributed by atoms with Crippen LogP contribution in [0.1, 0.15) is 41.7 Å². The van der Waals surface area contributed by atoms with E-state index in [1.54, 1.807) is 0 Å². The minimum atomic E-state index is -0.0279. The summed E-state index contributed by atoms with van der Waals surface area (Å²) in [6, 6.07) is 13.0. The molecule has 0 radical (unpaired) electrons. The highest BCUT2D eigenvalue weighted by Crippen LogP contribution is 2.53. The van der Waals surface area contributed by atoms with Crippen molar-refractivity contribution in [2.45, 2.75) is 44.2 Å². The van der Waals surface area contributed by atoms with E-state index in [1.165, 1.54) is 35.3 Å². The Labute approximate surface area is 159 Å². The molecule has 1 saturated heterocycles. The van der Waals surface area contributed by atoms with Gasteiger partial charge in [0.2, 0.25) is 5.91 Å². The number of rotatable bonds is 3. The lowest BCUT2D eigenvalue weighted by Gasteiger charge is -2.61. The molecule has 2 aliphatic heterocycles. The highest BCUT2D eigenvalue weighted by molar-refractivity contribution is 7.10. The smallest absolute Gasteiger partial charge is 0.237 e. The predicted octanol–water partition coefficient (Wildman–Crippen LogP) is 4.03. The average Bonchev–Trinajstić information content (AvgIpc) is 3.11. The number of likely N-dealkylation sites (tertiary alicyclic amines) is 1. The number of carbonyl (C=O) groups excluding carboxylic acids is 1. The number of benzene rings is 1. The second-order valence-electron chi connectivity index (χ2n) is 8.07. The van der Waals surface area contributed by atoms with E-state index in [0.717, 1.165) is 32.5 Å². The molecule has 3 heterocycles. The summed E-state index contributed by atoms with van der Waals surface area (Å²) in [5.41, 5.74) is 2.74. The van der Waals surface area contributed by atoms with Crippen molar-refractivity contribution in [3.8, 4) is 0 Å². The van der Waals surface area contributed by atoms with Crippen molar-refractivity contribution in [1.29, 1.82) is 0 Å². The Morgan fingerprint density at radius 3 is 2.92 bits per heavy atom. The van der Waals surface area contributed by atoms with Crippen molar-refractivity contribution >= 4 is 17.2 Å². The second kappa shape index (κ2) is 6.50. The van der Waals surface area contributed by atoms with E-state index in [2.05, 4.69) is 51.6 Å². The van der Waals surface area contributed by atoms with E-state index < -0.39 is 0 Å². The molecule has 5 rings (SSSR count). The summed E-state index contributed by atoms with van der Waals surface area (Å²) in [5, 5.41) is 2.18. The summed E-state index contributed by atoms with van der Waals surface area (Å²) >= 11 is 1.86. The first-order valence-corrected chi connectivity index (χ1v) is 10.8. The minimum absolute atomic E-state index is 0.0279. The molecule has 136 valence electrons. The Hall–Kier alpha value is -1.65. The summed E-state index contributed by atoms with van der Waals surface area (Å²) in [6.07, 6.45) is 6.03. The van der Waals surface area contributed by atoms with Gasteiger partial charge in [0.1, 0.15) is 0 Å². The van der Waals surface area contributed by atoms with Crippen LogP contribution in [0, 0.1) is 5.92 Å². The van der Waals surface area contributed by atoms with Gasteiger partial charge in [0.25, 0.3) is 0 Å². The summed E-state index contributed by atoms with van der Waals surface area (Å²) in [4.78, 5) is 19.3. The highest BCUT2D eigenvalue weighted by Gasteiger charge is 2.56. The Morgan fingerprint density at radius 1 is 1.19 bits per heavy atom. The standard InChI is InChI=1S/C22H26N2OS/c25-21(16-23-12-9-20-17(14-23)10-13-26-20)24-15-19-8-4-5-11-22(19,24)18-6-2-1-3-7-18/h1-3,6-7,10,13,19H,4-5,8-9,11-12,14-16H2/t19-,22+/m0/s1. The summed E-state index contributed by atoms with van der Waals surface area (Å²) in [6.45, 7) is 3.46. The zero-order chi connectivity index (χ0) is 17.6. The van der Waals surface area contributed by atoms with Gasteiger partial charge in [-0.15, -0.1) is 11.3 Å². The molecular weight excluding hydrogens is 340 g/mol. The fourth-order valence-electron chi connectivity index (χ4n) is 5.40. The third-order valence-corrected chi connectivity index (χ3v) is 7.76. The SMILES string of the molecule is O=C(CN1CCc2sccc2C1)N1C[C@@H]2CCCC[C@@]21c1ccccc1. The average molecular weight is 367 g/mol. The number of hydrogen-bond donors (Lipinski definition) is 0. The molecule has 26 heavy (non-hydrogen) atoms. The lowest BCUT2D eigenvalue weighted by atomic mass is 9.61. The van der Waals surface area contributed by atoms with Crippen molar-refractivity contribution in [2.24, 2.45) is 5.92 Å². The molecule has 0 spiro atoms. The zero-order valence-electron chi connectivity index (χ0n) is 15.2. The van der Waals surface area contributed by atoms with Crippen LogP contribution < -0.4 is 0 Å². The Bertz CT molecular complexity index is 801. The molecule has 1 aromatic carbocycles. The second-order valence-corrected chi connectivity index (χ2v) is 9.07. The van der Waals surface area contributed by atoms with Crippen molar-refractivity contribution in [3.63, 3.8) is 0 Å². The number of fused-ring (bicyclic) bond motifs is 2. The normalized spacial score (nSPS) is 28.2. The zero-order valence-corrected chi connectivity index (χ0v) is 16.0. The first-order valence-electron chi connectivity index (χ1n) is 9.91. The van der Waals surface area contributed by atoms with Crippen LogP contribution in [-0.4, -0.2) is 35.3 Å². The highest BCUT2D eigenvalue weighted by atomic mass is 32.1. The molecule has 3 aliphatic rings. The third kappa shape index (κ3) is 2.54. The first kappa shape index (κ1) is 16.5. The van der Waals surface area contributed by atoms with E-state index in [0.29, 0.717) is 18.4 Å². The molecule has 3 nitrogen and oxygen atoms in total. The molecule has 0 unspecified atom stereocenters. The van der Waals surface area contributed by atoms with Gasteiger partial charge in [-0.25, -0.2) is 0 Å². The van der Waals surface area contributed by atoms with Crippen molar-refractivity contribution in [1.82, 2.24) is 9.80 Å². The van der Waals surface area contributed by atoms with Gasteiger partial charge in [0, 0.05) is 30.4 Å². The molecule has 2 fully saturated rings. The van der Waals surface area contributed by atoms with Crippen LogP contribution in [0.2, 0.25) is 0 Å². The van der Waals surface area contributed by atoms with Gasteiger partial charge >= 0.3 is 0 Å². The lowest BCUT2D eigenvalue weighted by Crippen LogP contribution is -2.68. The molecule has 1 aliphatic carbocycles. The number of amides is 1. The quantitative estimate of drug-likeness (QED) is 0.819. The van der Waals surface area contributed by atoms with Crippen molar-refractivity contribution in [2.75, 3.05) is 19.6 Å². The van der Waals surface area contributed by atoms with Crippen LogP contribution in [-0.2, 0) is 23.3 Å². The topological polar surface area (TPSA) is 23.6 Å². The summed E-state index contributed by atoms with van der Waals surface area (Å²) < 4.78 is 0. The minimum Gasteiger partial charge on any atom is -0.331 e. The summed E-state index contributed by atoms with van der Waals surface area (Å²) in [5.74, 6) is 0.970. The maximum Gasteiger partial charge on any atom is 0.237 e. The van der Waals surface area contributed by atoms with Crippen molar-refractivity contribution < 1.29 is 4.79 Å². The Kier molecular flexibility index (Phi) is 4.13. The molecule has 1 amide bonds. The van der Waals surface area contributed by atoms with Gasteiger partial charge in [0.05, 0.1) is 12.1 Å². The van der Waals surface area contributed by atoms with Gasteiger partial charge in [-0.05, 0) is 41.8 Å². The number of carbonyl (C=O) groups is 1. The molecule has 2 aromatic rings. The maximum atomic E-state index is 13.3. The van der Waals surface area contributed by atoms with E-state index in [9.17, 15) is 4.79 Å². The first-order chi connectivity index (χ1) is 12.8. The van der Waals surface area contributed by atoms with E-state index in [1.807, 2.05) is 11.3 Å². The maximum absolute atomic E-state index is 13.3. The van der Waals surface area contributed by atoms with Gasteiger partial charge in [-0.1, -0.05) is 43.2 Å². The predicted molar refractivity (Wildman–Crippen MR) is 105 cm³/mol. The van der Waals surface area contributed by atoms with E-state index >= 15 is 0 Å². The fourth-order valence-corrected chi connectivity index (χ4v) is 6.29. The molecule has 0 N–H and O–H groups in total. The number of nitrogens with zero attached hydrogens (tertiary/aromatic N) is 2. The molecule has 1 saturated carbocycles. The Morgan fingerprint density at radius 2 is 2.08 bits per heavy atom. The molecule has 2 atom stereocenters. The molecule has 1 aromatic heterocycles. The lowest BCUT2D eigenvalue weighted by molar-refractivity contribution is -0.168. The fraction of sp³-hybridized carbons (Fsp3) is 0.500. The monoisotopic (exact) mass is 366 g/mol. The van der Waals surface area contributed by atoms with Crippen molar-refractivity contribution in [3.05, 3.63) is 57.8 Å². The molecule has 0 bridgehead atoms. The van der Waals surface area contributed by atoms with Crippen LogP contribution in [0.3, 0.4) is 0 Å². The van der Waals surface area contributed by atoms with Crippen LogP contribution in [0.15, 0.2) is 41.8 Å². The van der Waals surface area contributed by atoms with E-state index in [4.69, 9.17) is 0 Å². The van der Waals surface area contributed by atoms with Crippen LogP contribution in [0.4, 0.5) is 0 Å². The van der Waals surface area contributed by atoms with Gasteiger partial charge in [0.15, 0.2) is 0 Å². The summed E-state index contributed by atoms with van der Waals surface area (Å²) in [7, 11) is 0. The molecular formula is C22H26N2OS. The van der Waals surface area contributed by atoms with Gasteiger partial charge in [-0.3, -0.25) is 9.69 Å². The molecule has 4 heteroatoms. The third-order valence-electron chi connectivity index (χ3n) is 6.74. The number of thiophene rings is 1. The van der Waals surface area contributed by atoms with Gasteiger partial charge in [-0.2, -0.15) is 0 Å². The Balaban J connectivity index is 1.35. The van der Waals surface area contributed by atoms with Crippen LogP contribution in [0.25, 0.3) is 0 Å².